The first-order valence-corrected chi connectivity index (χ1v) is 22.9. The summed E-state index contributed by atoms with van der Waals surface area (Å²) < 4.78 is 6.71. The van der Waals surface area contributed by atoms with Gasteiger partial charge in [-0.2, -0.15) is 9.97 Å². The molecule has 0 fully saturated rings. The predicted molar refractivity (Wildman–Crippen MR) is 278 cm³/mol. The Bertz CT molecular complexity index is 4250. The number of benzene rings is 7. The number of fused-ring (bicyclic) bond motifs is 9. The van der Waals surface area contributed by atoms with Crippen LogP contribution in [0.1, 0.15) is 0 Å². The van der Waals surface area contributed by atoms with Crippen LogP contribution in [0, 0.1) is 0 Å². The molecule has 14 aromatic rings. The summed E-state index contributed by atoms with van der Waals surface area (Å²) in [5, 5.41) is 4.55. The molecule has 0 spiro atoms. The molecule has 0 amide bonds. The van der Waals surface area contributed by atoms with Gasteiger partial charge in [0.1, 0.15) is 11.0 Å². The number of hydrogen-bond donors (Lipinski definition) is 0. The minimum atomic E-state index is 0.568. The third-order valence-corrected chi connectivity index (χ3v) is 13.2. The minimum absolute atomic E-state index is 0.568. The van der Waals surface area contributed by atoms with Gasteiger partial charge in [-0.15, -0.1) is 0 Å². The van der Waals surface area contributed by atoms with Crippen molar-refractivity contribution in [3.8, 4) is 62.5 Å². The molecule has 0 aliphatic heterocycles. The topological polar surface area (TPSA) is 92.1 Å². The highest BCUT2D eigenvalue weighted by atomic mass is 15.2. The summed E-state index contributed by atoms with van der Waals surface area (Å²) in [5.41, 5.74) is 15.8. The molecule has 0 saturated heterocycles. The number of nitrogens with zero attached hydrogens (tertiary/aromatic N) is 9. The molecular weight excluding hydrogens is 847 g/mol. The lowest BCUT2D eigenvalue weighted by Gasteiger charge is -2.11. The SMILES string of the molecule is c1ccc(-c2nc(-c3ccccc3)nc(-n3c4ccccc4c4cc(-c5ccc6c(c5)c5ccccc5n6-c5cncc(-c6ccc7c(n6)c6ncccc6n7-c6ccccc6)c5)ccc43)n2)cc1. The van der Waals surface area contributed by atoms with E-state index in [-0.39, 0.29) is 0 Å². The van der Waals surface area contributed by atoms with E-state index < -0.39 is 0 Å². The number of hydrogen-bond acceptors (Lipinski definition) is 6. The van der Waals surface area contributed by atoms with Crippen molar-refractivity contribution >= 4 is 65.7 Å². The van der Waals surface area contributed by atoms with E-state index in [1.807, 2.05) is 91.4 Å². The molecule has 0 N–H and O–H groups in total. The van der Waals surface area contributed by atoms with E-state index in [1.54, 1.807) is 0 Å². The first-order chi connectivity index (χ1) is 34.2. The second kappa shape index (κ2) is 15.5. The monoisotopic (exact) mass is 883 g/mol. The van der Waals surface area contributed by atoms with Crippen molar-refractivity contribution in [3.05, 3.63) is 225 Å². The van der Waals surface area contributed by atoms with Gasteiger partial charge in [-0.05, 0) is 90.0 Å². The fourth-order valence-electron chi connectivity index (χ4n) is 10.1. The third-order valence-electron chi connectivity index (χ3n) is 13.2. The van der Waals surface area contributed by atoms with Gasteiger partial charge >= 0.3 is 0 Å². The molecule has 7 heterocycles. The highest BCUT2D eigenvalue weighted by Crippen LogP contribution is 2.39. The standard InChI is InChI=1S/C60H37N9/c1-4-15-38(16-5-1)58-64-59(39-17-6-2-7-18-39)66-60(65-58)69-51-24-13-11-22-46(51)48-35-41(27-30-53(48)69)40-26-29-52-47(34-40)45-21-10-12-23-50(45)68(52)44-33-42(36-61-37-44)49-28-31-55-57(63-49)56-54(25-14-32-62-56)67(55)43-19-8-3-9-20-43/h1-37H. The van der Waals surface area contributed by atoms with Crippen LogP contribution < -0.4 is 0 Å². The van der Waals surface area contributed by atoms with Gasteiger partial charge in [-0.1, -0.05) is 127 Å². The summed E-state index contributed by atoms with van der Waals surface area (Å²) in [6.07, 6.45) is 5.67. The summed E-state index contributed by atoms with van der Waals surface area (Å²) in [4.78, 5) is 30.1. The molecule has 69 heavy (non-hydrogen) atoms. The molecule has 9 nitrogen and oxygen atoms in total. The summed E-state index contributed by atoms with van der Waals surface area (Å²) in [6.45, 7) is 0. The number of rotatable bonds is 7. The third kappa shape index (κ3) is 6.25. The van der Waals surface area contributed by atoms with E-state index in [0.29, 0.717) is 17.6 Å². The molecule has 0 saturated carbocycles. The quantitative estimate of drug-likeness (QED) is 0.158. The highest BCUT2D eigenvalue weighted by Gasteiger charge is 2.21. The van der Waals surface area contributed by atoms with E-state index in [0.717, 1.165) is 111 Å². The van der Waals surface area contributed by atoms with Gasteiger partial charge in [0.05, 0.1) is 50.7 Å². The van der Waals surface area contributed by atoms with Crippen molar-refractivity contribution in [2.45, 2.75) is 0 Å². The lowest BCUT2D eigenvalue weighted by molar-refractivity contribution is 0.953. The molecule has 14 rings (SSSR count). The average Bonchev–Trinajstić information content (AvgIpc) is 4.06. The maximum absolute atomic E-state index is 5.26. The molecule has 0 atom stereocenters. The maximum Gasteiger partial charge on any atom is 0.238 e. The average molecular weight is 884 g/mol. The van der Waals surface area contributed by atoms with Crippen LogP contribution in [-0.4, -0.2) is 43.6 Å². The fourth-order valence-corrected chi connectivity index (χ4v) is 10.1. The zero-order chi connectivity index (χ0) is 45.4. The van der Waals surface area contributed by atoms with E-state index >= 15 is 0 Å². The Kier molecular flexibility index (Phi) is 8.68. The van der Waals surface area contributed by atoms with Crippen molar-refractivity contribution < 1.29 is 0 Å². The summed E-state index contributed by atoms with van der Waals surface area (Å²) in [6, 6.07) is 71.7. The zero-order valence-electron chi connectivity index (χ0n) is 36.9. The molecule has 0 radical (unpaired) electrons. The van der Waals surface area contributed by atoms with Crippen LogP contribution in [0.2, 0.25) is 0 Å². The Hall–Kier alpha value is -9.60. The Labute approximate surface area is 394 Å². The van der Waals surface area contributed by atoms with Crippen molar-refractivity contribution in [2.75, 3.05) is 0 Å². The first kappa shape index (κ1) is 38.6. The van der Waals surface area contributed by atoms with Crippen molar-refractivity contribution in [1.82, 2.24) is 43.6 Å². The smallest absolute Gasteiger partial charge is 0.238 e. The molecule has 0 aliphatic carbocycles. The Morgan fingerprint density at radius 2 is 0.826 bits per heavy atom. The molecule has 0 aliphatic rings. The van der Waals surface area contributed by atoms with Crippen LogP contribution in [-0.2, 0) is 0 Å². The van der Waals surface area contributed by atoms with E-state index in [9.17, 15) is 0 Å². The second-order valence-electron chi connectivity index (χ2n) is 17.2. The predicted octanol–water partition coefficient (Wildman–Crippen LogP) is 14.0. The summed E-state index contributed by atoms with van der Waals surface area (Å²) in [7, 11) is 0. The van der Waals surface area contributed by atoms with Gasteiger partial charge < -0.3 is 9.13 Å². The molecule has 0 unspecified atom stereocenters. The van der Waals surface area contributed by atoms with Gasteiger partial charge in [-0.25, -0.2) is 9.97 Å². The molecular formula is C60H37N9. The molecule has 322 valence electrons. The number of aromatic nitrogens is 9. The Balaban J connectivity index is 0.881. The first-order valence-electron chi connectivity index (χ1n) is 22.9. The minimum Gasteiger partial charge on any atom is -0.308 e. The Morgan fingerprint density at radius 1 is 0.304 bits per heavy atom. The molecule has 7 aromatic carbocycles. The molecule has 9 heteroatoms. The lowest BCUT2D eigenvalue weighted by atomic mass is 10.0. The van der Waals surface area contributed by atoms with Crippen LogP contribution >= 0.6 is 0 Å². The van der Waals surface area contributed by atoms with Crippen LogP contribution in [0.15, 0.2) is 225 Å². The second-order valence-corrected chi connectivity index (χ2v) is 17.2. The van der Waals surface area contributed by atoms with E-state index in [4.69, 9.17) is 29.9 Å². The van der Waals surface area contributed by atoms with Gasteiger partial charge in [0.25, 0.3) is 0 Å². The maximum atomic E-state index is 5.26. The summed E-state index contributed by atoms with van der Waals surface area (Å²) >= 11 is 0. The van der Waals surface area contributed by atoms with Crippen LogP contribution in [0.5, 0.6) is 0 Å². The van der Waals surface area contributed by atoms with Crippen LogP contribution in [0.3, 0.4) is 0 Å². The fraction of sp³-hybridized carbons (Fsp3) is 0. The molecule has 7 aromatic heterocycles. The van der Waals surface area contributed by atoms with Crippen molar-refractivity contribution in [3.63, 3.8) is 0 Å². The van der Waals surface area contributed by atoms with Crippen LogP contribution in [0.4, 0.5) is 0 Å². The molecule has 0 bridgehead atoms. The number of pyridine rings is 3. The van der Waals surface area contributed by atoms with Crippen molar-refractivity contribution in [1.29, 1.82) is 0 Å². The zero-order valence-corrected chi connectivity index (χ0v) is 36.9. The van der Waals surface area contributed by atoms with E-state index in [1.165, 1.54) is 0 Å². The van der Waals surface area contributed by atoms with Gasteiger partial charge in [-0.3, -0.25) is 14.5 Å². The van der Waals surface area contributed by atoms with Gasteiger partial charge in [0.15, 0.2) is 11.6 Å². The normalized spacial score (nSPS) is 11.8. The summed E-state index contributed by atoms with van der Waals surface area (Å²) in [5.74, 6) is 1.81. The van der Waals surface area contributed by atoms with E-state index in [2.05, 4.69) is 147 Å². The van der Waals surface area contributed by atoms with Gasteiger partial charge in [0.2, 0.25) is 5.95 Å². The highest BCUT2D eigenvalue weighted by molar-refractivity contribution is 6.13. The largest absolute Gasteiger partial charge is 0.308 e. The van der Waals surface area contributed by atoms with Crippen molar-refractivity contribution in [2.24, 2.45) is 0 Å². The van der Waals surface area contributed by atoms with Crippen LogP contribution in [0.25, 0.3) is 128 Å². The Morgan fingerprint density at radius 3 is 1.49 bits per heavy atom. The van der Waals surface area contributed by atoms with Gasteiger partial charge in [0, 0.05) is 56.3 Å². The lowest BCUT2D eigenvalue weighted by Crippen LogP contribution is -2.06. The number of para-hydroxylation sites is 3.